The number of likely N-dealkylation sites (tertiary alicyclic amines) is 1. The number of guanidine groups is 1. The SMILES string of the molecule is CN(CCCN=C(NCCc1ccco1)N1CCC(O)CC1)c1ccccc1. The quantitative estimate of drug-likeness (QED) is 0.416. The van der Waals surface area contributed by atoms with Gasteiger partial charge in [0.1, 0.15) is 5.76 Å². The van der Waals surface area contributed by atoms with Crippen LogP contribution in [0.2, 0.25) is 0 Å². The van der Waals surface area contributed by atoms with E-state index in [1.54, 1.807) is 6.26 Å². The molecule has 2 aromatic rings. The van der Waals surface area contributed by atoms with E-state index in [0.717, 1.165) is 70.1 Å². The summed E-state index contributed by atoms with van der Waals surface area (Å²) in [6.45, 7) is 4.22. The number of anilines is 1. The van der Waals surface area contributed by atoms with Gasteiger partial charge in [-0.15, -0.1) is 0 Å². The standard InChI is InChI=1S/C22H32N4O2/c1-25(19-7-3-2-4-8-19)15-6-13-23-22(26-16-11-20(27)12-17-26)24-14-10-21-9-5-18-28-21/h2-5,7-9,18,20,27H,6,10-17H2,1H3,(H,23,24). The number of piperidine rings is 1. The minimum absolute atomic E-state index is 0.180. The second-order valence-corrected chi connectivity index (χ2v) is 7.29. The van der Waals surface area contributed by atoms with E-state index < -0.39 is 0 Å². The van der Waals surface area contributed by atoms with Crippen molar-refractivity contribution in [2.45, 2.75) is 31.8 Å². The van der Waals surface area contributed by atoms with E-state index in [0.29, 0.717) is 0 Å². The summed E-state index contributed by atoms with van der Waals surface area (Å²) < 4.78 is 5.41. The van der Waals surface area contributed by atoms with E-state index in [-0.39, 0.29) is 6.10 Å². The smallest absolute Gasteiger partial charge is 0.193 e. The average Bonchev–Trinajstić information content (AvgIpc) is 3.24. The molecule has 0 radical (unpaired) electrons. The van der Waals surface area contributed by atoms with Crippen LogP contribution >= 0.6 is 0 Å². The second kappa shape index (κ2) is 10.8. The van der Waals surface area contributed by atoms with E-state index in [1.165, 1.54) is 5.69 Å². The van der Waals surface area contributed by atoms with E-state index in [4.69, 9.17) is 9.41 Å². The van der Waals surface area contributed by atoms with Crippen LogP contribution in [0.5, 0.6) is 0 Å². The lowest BCUT2D eigenvalue weighted by Gasteiger charge is -2.32. The van der Waals surface area contributed by atoms with Gasteiger partial charge in [-0.05, 0) is 43.5 Å². The molecule has 1 aliphatic heterocycles. The summed E-state index contributed by atoms with van der Waals surface area (Å²) in [5.41, 5.74) is 1.23. The first kappa shape index (κ1) is 20.3. The zero-order chi connectivity index (χ0) is 19.6. The van der Waals surface area contributed by atoms with Crippen LogP contribution in [0.15, 0.2) is 58.1 Å². The topological polar surface area (TPSA) is 64.2 Å². The number of aliphatic imine (C=N–C) groups is 1. The Bertz CT molecular complexity index is 695. The molecule has 0 saturated carbocycles. The molecule has 1 aliphatic rings. The summed E-state index contributed by atoms with van der Waals surface area (Å²) in [7, 11) is 2.12. The Hall–Kier alpha value is -2.47. The number of aliphatic hydroxyl groups excluding tert-OH is 1. The van der Waals surface area contributed by atoms with Crippen LogP contribution in [0.4, 0.5) is 5.69 Å². The number of para-hydroxylation sites is 1. The summed E-state index contributed by atoms with van der Waals surface area (Å²) >= 11 is 0. The fourth-order valence-corrected chi connectivity index (χ4v) is 3.40. The lowest BCUT2D eigenvalue weighted by Crippen LogP contribution is -2.47. The highest BCUT2D eigenvalue weighted by atomic mass is 16.3. The Kier molecular flexibility index (Phi) is 7.79. The molecule has 0 atom stereocenters. The van der Waals surface area contributed by atoms with Crippen molar-refractivity contribution in [3.05, 3.63) is 54.5 Å². The predicted octanol–water partition coefficient (Wildman–Crippen LogP) is 2.75. The molecule has 0 spiro atoms. The summed E-state index contributed by atoms with van der Waals surface area (Å²) in [6.07, 6.45) is 4.95. The van der Waals surface area contributed by atoms with Crippen LogP contribution in [-0.2, 0) is 6.42 Å². The van der Waals surface area contributed by atoms with Crippen molar-refractivity contribution in [3.63, 3.8) is 0 Å². The molecule has 28 heavy (non-hydrogen) atoms. The summed E-state index contributed by atoms with van der Waals surface area (Å²) in [4.78, 5) is 9.37. The van der Waals surface area contributed by atoms with E-state index in [1.807, 2.05) is 18.2 Å². The van der Waals surface area contributed by atoms with Crippen molar-refractivity contribution in [3.8, 4) is 0 Å². The highest BCUT2D eigenvalue weighted by Gasteiger charge is 2.19. The van der Waals surface area contributed by atoms with Crippen molar-refractivity contribution in [1.29, 1.82) is 0 Å². The number of rotatable bonds is 8. The average molecular weight is 385 g/mol. The van der Waals surface area contributed by atoms with Gasteiger partial charge >= 0.3 is 0 Å². The highest BCUT2D eigenvalue weighted by Crippen LogP contribution is 2.12. The number of aliphatic hydroxyl groups is 1. The van der Waals surface area contributed by atoms with Crippen LogP contribution in [0, 0.1) is 0 Å². The Morgan fingerprint density at radius 3 is 2.71 bits per heavy atom. The van der Waals surface area contributed by atoms with Crippen LogP contribution in [0.25, 0.3) is 0 Å². The Balaban J connectivity index is 1.49. The van der Waals surface area contributed by atoms with Crippen LogP contribution in [0.3, 0.4) is 0 Å². The van der Waals surface area contributed by atoms with E-state index in [9.17, 15) is 5.11 Å². The molecule has 1 aromatic carbocycles. The zero-order valence-corrected chi connectivity index (χ0v) is 16.8. The largest absolute Gasteiger partial charge is 0.469 e. The number of furan rings is 1. The number of nitrogens with zero attached hydrogens (tertiary/aromatic N) is 3. The molecule has 1 aromatic heterocycles. The highest BCUT2D eigenvalue weighted by molar-refractivity contribution is 5.80. The van der Waals surface area contributed by atoms with Crippen LogP contribution in [-0.4, -0.2) is 61.8 Å². The summed E-state index contributed by atoms with van der Waals surface area (Å²) in [5, 5.41) is 13.3. The maximum absolute atomic E-state index is 9.79. The normalized spacial score (nSPS) is 15.6. The predicted molar refractivity (Wildman–Crippen MR) is 114 cm³/mol. The Morgan fingerprint density at radius 1 is 1.21 bits per heavy atom. The van der Waals surface area contributed by atoms with Gasteiger partial charge in [0.25, 0.3) is 0 Å². The van der Waals surface area contributed by atoms with E-state index >= 15 is 0 Å². The molecular weight excluding hydrogens is 352 g/mol. The van der Waals surface area contributed by atoms with Crippen LogP contribution in [0.1, 0.15) is 25.0 Å². The maximum atomic E-state index is 9.79. The Morgan fingerprint density at radius 2 is 2.00 bits per heavy atom. The van der Waals surface area contributed by atoms with Gasteiger partial charge < -0.3 is 24.6 Å². The molecule has 1 fully saturated rings. The third kappa shape index (κ3) is 6.30. The number of hydrogen-bond donors (Lipinski definition) is 2. The molecule has 2 heterocycles. The zero-order valence-electron chi connectivity index (χ0n) is 16.8. The summed E-state index contributed by atoms with van der Waals surface area (Å²) in [5.74, 6) is 1.92. The van der Waals surface area contributed by atoms with Gasteiger partial charge in [-0.3, -0.25) is 4.99 Å². The lowest BCUT2D eigenvalue weighted by atomic mass is 10.1. The van der Waals surface area contributed by atoms with Crippen molar-refractivity contribution >= 4 is 11.6 Å². The third-order valence-corrected chi connectivity index (χ3v) is 5.11. The molecule has 1 saturated heterocycles. The maximum Gasteiger partial charge on any atom is 0.193 e. The Labute approximate surface area is 167 Å². The number of hydrogen-bond acceptors (Lipinski definition) is 4. The van der Waals surface area contributed by atoms with Gasteiger partial charge in [0.05, 0.1) is 12.4 Å². The molecule has 6 heteroatoms. The number of nitrogens with one attached hydrogen (secondary N) is 1. The molecule has 0 aliphatic carbocycles. The fourth-order valence-electron chi connectivity index (χ4n) is 3.40. The van der Waals surface area contributed by atoms with Gasteiger partial charge in [-0.2, -0.15) is 0 Å². The molecule has 0 bridgehead atoms. The molecule has 6 nitrogen and oxygen atoms in total. The van der Waals surface area contributed by atoms with Crippen molar-refractivity contribution in [2.24, 2.45) is 4.99 Å². The van der Waals surface area contributed by atoms with Gasteiger partial charge in [-0.1, -0.05) is 18.2 Å². The molecule has 0 unspecified atom stereocenters. The van der Waals surface area contributed by atoms with Crippen molar-refractivity contribution in [1.82, 2.24) is 10.2 Å². The third-order valence-electron chi connectivity index (χ3n) is 5.11. The monoisotopic (exact) mass is 384 g/mol. The minimum Gasteiger partial charge on any atom is -0.469 e. The van der Waals surface area contributed by atoms with Crippen LogP contribution < -0.4 is 10.2 Å². The fraction of sp³-hybridized carbons (Fsp3) is 0.500. The molecule has 152 valence electrons. The second-order valence-electron chi connectivity index (χ2n) is 7.29. The number of benzene rings is 1. The lowest BCUT2D eigenvalue weighted by molar-refractivity contribution is 0.108. The van der Waals surface area contributed by atoms with E-state index in [2.05, 4.69) is 46.4 Å². The molecule has 2 N–H and O–H groups in total. The van der Waals surface area contributed by atoms with Crippen molar-refractivity contribution in [2.75, 3.05) is 44.7 Å². The van der Waals surface area contributed by atoms with Crippen molar-refractivity contribution < 1.29 is 9.52 Å². The molecule has 3 rings (SSSR count). The van der Waals surface area contributed by atoms with Gasteiger partial charge in [0, 0.05) is 51.9 Å². The minimum atomic E-state index is -0.180. The van der Waals surface area contributed by atoms with Gasteiger partial charge in [-0.25, -0.2) is 0 Å². The van der Waals surface area contributed by atoms with Gasteiger partial charge in [0.2, 0.25) is 0 Å². The first-order valence-electron chi connectivity index (χ1n) is 10.2. The first-order chi connectivity index (χ1) is 13.7. The first-order valence-corrected chi connectivity index (χ1v) is 10.2. The molecular formula is C22H32N4O2. The van der Waals surface area contributed by atoms with Gasteiger partial charge in [0.15, 0.2) is 5.96 Å². The molecule has 0 amide bonds. The summed E-state index contributed by atoms with van der Waals surface area (Å²) in [6, 6.07) is 14.3.